The lowest BCUT2D eigenvalue weighted by Crippen LogP contribution is -2.00. The van der Waals surface area contributed by atoms with Crippen molar-refractivity contribution in [3.63, 3.8) is 0 Å². The van der Waals surface area contributed by atoms with Crippen LogP contribution >= 0.6 is 23.2 Å². The Morgan fingerprint density at radius 2 is 2.11 bits per heavy atom. The van der Waals surface area contributed by atoms with E-state index in [0.29, 0.717) is 33.1 Å². The highest BCUT2D eigenvalue weighted by Crippen LogP contribution is 2.32. The van der Waals surface area contributed by atoms with Crippen molar-refractivity contribution in [2.45, 2.75) is 20.1 Å². The van der Waals surface area contributed by atoms with Crippen LogP contribution in [-0.4, -0.2) is 15.3 Å². The normalized spacial score (nSPS) is 10.7. The zero-order valence-electron chi connectivity index (χ0n) is 9.48. The minimum absolute atomic E-state index is 0.0786. The lowest BCUT2D eigenvalue weighted by molar-refractivity contribution is 0.240. The van der Waals surface area contributed by atoms with Gasteiger partial charge < -0.3 is 14.3 Å². The molecule has 1 heterocycles. The Balaban J connectivity index is 2.18. The fourth-order valence-electron chi connectivity index (χ4n) is 1.42. The molecule has 0 amide bonds. The third-order valence-electron chi connectivity index (χ3n) is 2.16. The first-order chi connectivity index (χ1) is 8.60. The standard InChI is InChI=1S/C11H10Cl2N2O3/c1-6-14-15-10(18-6)5-17-11-7(4-16)2-8(12)3-9(11)13/h2-3,16H,4-5H2,1H3. The number of aromatic nitrogens is 2. The highest BCUT2D eigenvalue weighted by atomic mass is 35.5. The Morgan fingerprint density at radius 3 is 2.72 bits per heavy atom. The second-order valence-electron chi connectivity index (χ2n) is 3.54. The van der Waals surface area contributed by atoms with Gasteiger partial charge in [0, 0.05) is 17.5 Å². The summed E-state index contributed by atoms with van der Waals surface area (Å²) < 4.78 is 10.6. The predicted molar refractivity (Wildman–Crippen MR) is 65.8 cm³/mol. The SMILES string of the molecule is Cc1nnc(COc2c(Cl)cc(Cl)cc2CO)o1. The molecule has 5 nitrogen and oxygen atoms in total. The zero-order chi connectivity index (χ0) is 13.1. The number of rotatable bonds is 4. The molecule has 0 aliphatic carbocycles. The molecule has 0 atom stereocenters. The van der Waals surface area contributed by atoms with E-state index < -0.39 is 0 Å². The Hall–Kier alpha value is -1.30. The van der Waals surface area contributed by atoms with Crippen LogP contribution in [0.25, 0.3) is 0 Å². The van der Waals surface area contributed by atoms with E-state index in [0.717, 1.165) is 0 Å². The maximum atomic E-state index is 9.22. The summed E-state index contributed by atoms with van der Waals surface area (Å²) in [5, 5.41) is 17.4. The summed E-state index contributed by atoms with van der Waals surface area (Å²) in [7, 11) is 0. The first-order valence-electron chi connectivity index (χ1n) is 5.10. The summed E-state index contributed by atoms with van der Waals surface area (Å²) >= 11 is 11.8. The van der Waals surface area contributed by atoms with Crippen molar-refractivity contribution in [1.82, 2.24) is 10.2 Å². The van der Waals surface area contributed by atoms with Crippen LogP contribution in [0.3, 0.4) is 0 Å². The van der Waals surface area contributed by atoms with E-state index in [4.69, 9.17) is 32.4 Å². The fourth-order valence-corrected chi connectivity index (χ4v) is 2.01. The lowest BCUT2D eigenvalue weighted by Gasteiger charge is -2.10. The molecule has 18 heavy (non-hydrogen) atoms. The van der Waals surface area contributed by atoms with Crippen molar-refractivity contribution in [2.24, 2.45) is 0 Å². The van der Waals surface area contributed by atoms with Crippen LogP contribution in [0.5, 0.6) is 5.75 Å². The predicted octanol–water partition coefficient (Wildman–Crippen LogP) is 2.76. The van der Waals surface area contributed by atoms with Gasteiger partial charge >= 0.3 is 0 Å². The van der Waals surface area contributed by atoms with E-state index in [-0.39, 0.29) is 13.2 Å². The molecule has 0 unspecified atom stereocenters. The average molecular weight is 289 g/mol. The minimum atomic E-state index is -0.224. The van der Waals surface area contributed by atoms with Crippen LogP contribution < -0.4 is 4.74 Å². The lowest BCUT2D eigenvalue weighted by atomic mass is 10.2. The van der Waals surface area contributed by atoms with E-state index in [9.17, 15) is 5.11 Å². The number of aliphatic hydroxyl groups is 1. The molecular formula is C11H10Cl2N2O3. The molecule has 1 aromatic carbocycles. The summed E-state index contributed by atoms with van der Waals surface area (Å²) in [5.74, 6) is 1.15. The van der Waals surface area contributed by atoms with Crippen molar-refractivity contribution in [2.75, 3.05) is 0 Å². The van der Waals surface area contributed by atoms with Crippen molar-refractivity contribution >= 4 is 23.2 Å². The summed E-state index contributed by atoms with van der Waals surface area (Å²) in [6, 6.07) is 3.12. The molecule has 0 aliphatic heterocycles. The molecule has 96 valence electrons. The van der Waals surface area contributed by atoms with Gasteiger partial charge in [0.25, 0.3) is 5.89 Å². The molecule has 0 saturated carbocycles. The number of hydrogen-bond donors (Lipinski definition) is 1. The molecular weight excluding hydrogens is 279 g/mol. The van der Waals surface area contributed by atoms with Gasteiger partial charge in [0.1, 0.15) is 5.75 Å². The summed E-state index contributed by atoms with van der Waals surface area (Å²) in [4.78, 5) is 0. The van der Waals surface area contributed by atoms with Gasteiger partial charge in [-0.2, -0.15) is 0 Å². The van der Waals surface area contributed by atoms with Gasteiger partial charge in [0.15, 0.2) is 6.61 Å². The van der Waals surface area contributed by atoms with E-state index >= 15 is 0 Å². The average Bonchev–Trinajstić information content (AvgIpc) is 2.73. The summed E-state index contributed by atoms with van der Waals surface area (Å²) in [5.41, 5.74) is 0.503. The molecule has 1 N–H and O–H groups in total. The van der Waals surface area contributed by atoms with Crippen molar-refractivity contribution in [3.8, 4) is 5.75 Å². The van der Waals surface area contributed by atoms with Crippen molar-refractivity contribution < 1.29 is 14.3 Å². The van der Waals surface area contributed by atoms with E-state index in [1.165, 1.54) is 6.07 Å². The molecule has 0 saturated heterocycles. The quantitative estimate of drug-likeness (QED) is 0.937. The molecule has 0 spiro atoms. The third kappa shape index (κ3) is 2.93. The first kappa shape index (κ1) is 13.1. The summed E-state index contributed by atoms with van der Waals surface area (Å²) in [6.07, 6.45) is 0. The molecule has 0 aliphatic rings. The highest BCUT2D eigenvalue weighted by molar-refractivity contribution is 6.35. The minimum Gasteiger partial charge on any atom is -0.482 e. The molecule has 0 bridgehead atoms. The largest absolute Gasteiger partial charge is 0.482 e. The van der Waals surface area contributed by atoms with Gasteiger partial charge in [-0.1, -0.05) is 23.2 Å². The van der Waals surface area contributed by atoms with Crippen LogP contribution in [0.4, 0.5) is 0 Å². The zero-order valence-corrected chi connectivity index (χ0v) is 11.0. The maximum Gasteiger partial charge on any atom is 0.253 e. The summed E-state index contributed by atoms with van der Waals surface area (Å²) in [6.45, 7) is 1.54. The monoisotopic (exact) mass is 288 g/mol. The Labute approximate surface area is 113 Å². The number of ether oxygens (including phenoxy) is 1. The van der Waals surface area contributed by atoms with Gasteiger partial charge in [-0.3, -0.25) is 0 Å². The third-order valence-corrected chi connectivity index (χ3v) is 2.66. The number of hydrogen-bond acceptors (Lipinski definition) is 5. The van der Waals surface area contributed by atoms with Crippen LogP contribution in [0.15, 0.2) is 16.5 Å². The smallest absolute Gasteiger partial charge is 0.253 e. The Bertz CT molecular complexity index is 557. The highest BCUT2D eigenvalue weighted by Gasteiger charge is 2.12. The Kier molecular flexibility index (Phi) is 4.06. The van der Waals surface area contributed by atoms with Crippen LogP contribution in [0, 0.1) is 6.92 Å². The molecule has 0 fully saturated rings. The van der Waals surface area contributed by atoms with Crippen molar-refractivity contribution in [1.29, 1.82) is 0 Å². The number of benzene rings is 1. The van der Waals surface area contributed by atoms with Crippen LogP contribution in [0.2, 0.25) is 10.0 Å². The first-order valence-corrected chi connectivity index (χ1v) is 5.86. The number of aryl methyl sites for hydroxylation is 1. The number of aliphatic hydroxyl groups excluding tert-OH is 1. The molecule has 2 rings (SSSR count). The van der Waals surface area contributed by atoms with Gasteiger partial charge in [-0.25, -0.2) is 0 Å². The number of nitrogens with zero attached hydrogens (tertiary/aromatic N) is 2. The number of halogens is 2. The van der Waals surface area contributed by atoms with Gasteiger partial charge in [0.05, 0.1) is 11.6 Å². The van der Waals surface area contributed by atoms with Gasteiger partial charge in [-0.05, 0) is 12.1 Å². The molecule has 2 aromatic rings. The van der Waals surface area contributed by atoms with Crippen LogP contribution in [0.1, 0.15) is 17.3 Å². The van der Waals surface area contributed by atoms with E-state index in [1.54, 1.807) is 13.0 Å². The molecule has 0 radical (unpaired) electrons. The van der Waals surface area contributed by atoms with Gasteiger partial charge in [-0.15, -0.1) is 10.2 Å². The maximum absolute atomic E-state index is 9.22. The topological polar surface area (TPSA) is 68.4 Å². The van der Waals surface area contributed by atoms with Crippen LogP contribution in [-0.2, 0) is 13.2 Å². The molecule has 7 heteroatoms. The Morgan fingerprint density at radius 1 is 1.33 bits per heavy atom. The second-order valence-corrected chi connectivity index (χ2v) is 4.38. The van der Waals surface area contributed by atoms with Crippen molar-refractivity contribution in [3.05, 3.63) is 39.5 Å². The van der Waals surface area contributed by atoms with Gasteiger partial charge in [0.2, 0.25) is 5.89 Å². The van der Waals surface area contributed by atoms with E-state index in [2.05, 4.69) is 10.2 Å². The fraction of sp³-hybridized carbons (Fsp3) is 0.273. The second kappa shape index (κ2) is 5.56. The molecule has 1 aromatic heterocycles. The van der Waals surface area contributed by atoms with E-state index in [1.807, 2.05) is 0 Å².